The van der Waals surface area contributed by atoms with Crippen molar-refractivity contribution in [2.45, 2.75) is 20.1 Å². The number of carbonyl (C=O) groups is 1. The van der Waals surface area contributed by atoms with Crippen LogP contribution < -0.4 is 19.5 Å². The van der Waals surface area contributed by atoms with Gasteiger partial charge in [0.05, 0.1) is 18.4 Å². The second-order valence-corrected chi connectivity index (χ2v) is 7.44. The second kappa shape index (κ2) is 8.50. The van der Waals surface area contributed by atoms with Gasteiger partial charge in [0.25, 0.3) is 5.91 Å². The maximum atomic E-state index is 12.5. The van der Waals surface area contributed by atoms with Crippen molar-refractivity contribution >= 4 is 11.6 Å². The molecule has 0 bridgehead atoms. The van der Waals surface area contributed by atoms with Gasteiger partial charge in [-0.25, -0.2) is 0 Å². The molecule has 0 fully saturated rings. The van der Waals surface area contributed by atoms with Crippen LogP contribution in [0.5, 0.6) is 17.2 Å². The van der Waals surface area contributed by atoms with Gasteiger partial charge >= 0.3 is 0 Å². The van der Waals surface area contributed by atoms with Crippen molar-refractivity contribution < 1.29 is 23.4 Å². The van der Waals surface area contributed by atoms with Crippen molar-refractivity contribution in [1.82, 2.24) is 9.78 Å². The predicted octanol–water partition coefficient (Wildman–Crippen LogP) is 4.39. The summed E-state index contributed by atoms with van der Waals surface area (Å²) in [4.78, 5) is 12.5. The number of ether oxygens (including phenoxy) is 3. The summed E-state index contributed by atoms with van der Waals surface area (Å²) in [6, 6.07) is 16.9. The Balaban J connectivity index is 1.17. The number of nitrogens with one attached hydrogen (secondary N) is 1. The van der Waals surface area contributed by atoms with Crippen LogP contribution in [0.2, 0.25) is 0 Å². The first kappa shape index (κ1) is 19.7. The fourth-order valence-corrected chi connectivity index (χ4v) is 3.40. The molecule has 3 heterocycles. The number of amides is 1. The van der Waals surface area contributed by atoms with E-state index >= 15 is 0 Å². The first-order chi connectivity index (χ1) is 15.6. The summed E-state index contributed by atoms with van der Waals surface area (Å²) in [5.41, 5.74) is 2.93. The van der Waals surface area contributed by atoms with Gasteiger partial charge in [-0.15, -0.1) is 0 Å². The molecule has 1 aliphatic rings. The van der Waals surface area contributed by atoms with E-state index in [1.807, 2.05) is 12.1 Å². The summed E-state index contributed by atoms with van der Waals surface area (Å²) >= 11 is 0. The monoisotopic (exact) mass is 431 g/mol. The van der Waals surface area contributed by atoms with Gasteiger partial charge in [-0.2, -0.15) is 5.10 Å². The number of rotatable bonds is 7. The lowest BCUT2D eigenvalue weighted by atomic mass is 10.1. The van der Waals surface area contributed by atoms with Gasteiger partial charge in [0.1, 0.15) is 18.1 Å². The smallest absolute Gasteiger partial charge is 0.291 e. The molecule has 0 aliphatic carbocycles. The molecule has 8 heteroatoms. The Labute approximate surface area is 184 Å². The van der Waals surface area contributed by atoms with Crippen LogP contribution in [0, 0.1) is 6.92 Å². The van der Waals surface area contributed by atoms with Crippen LogP contribution in [-0.2, 0) is 13.2 Å². The summed E-state index contributed by atoms with van der Waals surface area (Å²) in [5, 5.41) is 7.12. The number of carbonyl (C=O) groups excluding carboxylic acids is 1. The molecular formula is C24H21N3O5. The fourth-order valence-electron chi connectivity index (χ4n) is 3.40. The number of anilines is 1. The Kier molecular flexibility index (Phi) is 5.25. The second-order valence-electron chi connectivity index (χ2n) is 7.44. The highest BCUT2D eigenvalue weighted by atomic mass is 16.7. The van der Waals surface area contributed by atoms with E-state index < -0.39 is 0 Å². The third-order valence-electron chi connectivity index (χ3n) is 4.93. The van der Waals surface area contributed by atoms with Crippen molar-refractivity contribution in [3.05, 3.63) is 89.6 Å². The number of furan rings is 1. The van der Waals surface area contributed by atoms with E-state index in [2.05, 4.69) is 29.5 Å². The minimum atomic E-state index is -0.352. The molecule has 162 valence electrons. The number of nitrogens with zero attached hydrogens (tertiary/aromatic N) is 2. The SMILES string of the molecule is Cc1cccc(Cn2cc(NC(=O)c3ccc(COc4ccc5c(c4)OCO5)o3)cn2)c1. The average molecular weight is 431 g/mol. The molecule has 2 aromatic carbocycles. The molecule has 2 aromatic heterocycles. The highest BCUT2D eigenvalue weighted by Crippen LogP contribution is 2.35. The molecule has 0 atom stereocenters. The Morgan fingerprint density at radius 1 is 1.12 bits per heavy atom. The Morgan fingerprint density at radius 3 is 2.94 bits per heavy atom. The number of aryl methyl sites for hydroxylation is 1. The van der Waals surface area contributed by atoms with Gasteiger partial charge < -0.3 is 23.9 Å². The molecule has 32 heavy (non-hydrogen) atoms. The Morgan fingerprint density at radius 2 is 2.03 bits per heavy atom. The van der Waals surface area contributed by atoms with Gasteiger partial charge in [0, 0.05) is 12.3 Å². The van der Waals surface area contributed by atoms with Crippen LogP contribution >= 0.6 is 0 Å². The zero-order valence-corrected chi connectivity index (χ0v) is 17.4. The lowest BCUT2D eigenvalue weighted by Crippen LogP contribution is -2.10. The Bertz CT molecular complexity index is 1260. The maximum absolute atomic E-state index is 12.5. The van der Waals surface area contributed by atoms with E-state index in [9.17, 15) is 4.79 Å². The standard InChI is InChI=1S/C24H21N3O5/c1-16-3-2-4-17(9-16)12-27-13-18(11-25-27)26-24(28)22-8-6-20(32-22)14-29-19-5-7-21-23(10-19)31-15-30-21/h2-11,13H,12,14-15H2,1H3,(H,26,28). The molecule has 8 nitrogen and oxygen atoms in total. The van der Waals surface area contributed by atoms with Crippen LogP contribution in [0.1, 0.15) is 27.4 Å². The number of hydrogen-bond donors (Lipinski definition) is 1. The number of fused-ring (bicyclic) bond motifs is 1. The van der Waals surface area contributed by atoms with Crippen molar-refractivity contribution in [1.29, 1.82) is 0 Å². The molecule has 0 spiro atoms. The zero-order chi connectivity index (χ0) is 21.9. The summed E-state index contributed by atoms with van der Waals surface area (Å²) < 4.78 is 23.7. The third-order valence-corrected chi connectivity index (χ3v) is 4.93. The Hall–Kier alpha value is -4.20. The van der Waals surface area contributed by atoms with E-state index in [1.165, 1.54) is 5.56 Å². The molecule has 0 saturated carbocycles. The number of benzene rings is 2. The normalized spacial score (nSPS) is 12.0. The van der Waals surface area contributed by atoms with Crippen LogP contribution in [0.4, 0.5) is 5.69 Å². The molecule has 1 aliphatic heterocycles. The molecule has 0 saturated heterocycles. The molecule has 0 radical (unpaired) electrons. The van der Waals surface area contributed by atoms with Crippen LogP contribution in [0.15, 0.2) is 71.4 Å². The minimum Gasteiger partial charge on any atom is -0.486 e. The quantitative estimate of drug-likeness (QED) is 0.467. The van der Waals surface area contributed by atoms with E-state index in [4.69, 9.17) is 18.6 Å². The number of aromatic nitrogens is 2. The molecule has 4 aromatic rings. The van der Waals surface area contributed by atoms with Crippen LogP contribution in [0.25, 0.3) is 0 Å². The van der Waals surface area contributed by atoms with Crippen molar-refractivity contribution in [3.63, 3.8) is 0 Å². The molecule has 1 N–H and O–H groups in total. The first-order valence-corrected chi connectivity index (χ1v) is 10.1. The van der Waals surface area contributed by atoms with E-state index in [0.717, 1.165) is 5.56 Å². The lowest BCUT2D eigenvalue weighted by Gasteiger charge is -2.05. The largest absolute Gasteiger partial charge is 0.486 e. The highest BCUT2D eigenvalue weighted by molar-refractivity contribution is 6.02. The van der Waals surface area contributed by atoms with Gasteiger partial charge in [-0.1, -0.05) is 29.8 Å². The maximum Gasteiger partial charge on any atom is 0.291 e. The van der Waals surface area contributed by atoms with Crippen LogP contribution in [0.3, 0.4) is 0 Å². The van der Waals surface area contributed by atoms with E-state index in [0.29, 0.717) is 35.2 Å². The van der Waals surface area contributed by atoms with Gasteiger partial charge in [-0.05, 0) is 36.8 Å². The van der Waals surface area contributed by atoms with Crippen molar-refractivity contribution in [3.8, 4) is 17.2 Å². The van der Waals surface area contributed by atoms with Gasteiger partial charge in [0.15, 0.2) is 17.3 Å². The summed E-state index contributed by atoms with van der Waals surface area (Å²) in [7, 11) is 0. The summed E-state index contributed by atoms with van der Waals surface area (Å²) in [6.45, 7) is 3.07. The third kappa shape index (κ3) is 4.44. The van der Waals surface area contributed by atoms with E-state index in [-0.39, 0.29) is 25.1 Å². The van der Waals surface area contributed by atoms with Crippen LogP contribution in [-0.4, -0.2) is 22.5 Å². The van der Waals surface area contributed by atoms with Crippen molar-refractivity contribution in [2.24, 2.45) is 0 Å². The summed E-state index contributed by atoms with van der Waals surface area (Å²) in [5.74, 6) is 2.33. The van der Waals surface area contributed by atoms with Gasteiger partial charge in [0.2, 0.25) is 6.79 Å². The van der Waals surface area contributed by atoms with E-state index in [1.54, 1.807) is 47.4 Å². The predicted molar refractivity (Wildman–Crippen MR) is 116 cm³/mol. The molecule has 5 rings (SSSR count). The lowest BCUT2D eigenvalue weighted by molar-refractivity contribution is 0.0992. The minimum absolute atomic E-state index is 0.182. The molecular weight excluding hydrogens is 410 g/mol. The summed E-state index contributed by atoms with van der Waals surface area (Å²) in [6.07, 6.45) is 3.40. The first-order valence-electron chi connectivity index (χ1n) is 10.1. The van der Waals surface area contributed by atoms with Gasteiger partial charge in [-0.3, -0.25) is 9.48 Å². The number of hydrogen-bond acceptors (Lipinski definition) is 6. The molecule has 0 unspecified atom stereocenters. The topological polar surface area (TPSA) is 87.8 Å². The van der Waals surface area contributed by atoms with Crippen molar-refractivity contribution in [2.75, 3.05) is 12.1 Å². The average Bonchev–Trinajstić information content (AvgIpc) is 3.53. The zero-order valence-electron chi connectivity index (χ0n) is 17.4. The highest BCUT2D eigenvalue weighted by Gasteiger charge is 2.15. The molecule has 1 amide bonds. The fraction of sp³-hybridized carbons (Fsp3) is 0.167.